The Morgan fingerprint density at radius 2 is 1.95 bits per heavy atom. The van der Waals surface area contributed by atoms with Crippen LogP contribution in [-0.2, 0) is 4.79 Å². The predicted molar refractivity (Wildman–Crippen MR) is 86.2 cm³/mol. The number of halogens is 1. The lowest BCUT2D eigenvalue weighted by atomic mass is 10.0. The van der Waals surface area contributed by atoms with Crippen molar-refractivity contribution in [3.8, 4) is 0 Å². The molecular weight excluding hydrogens is 288 g/mol. The quantitative estimate of drug-likeness (QED) is 0.502. The minimum atomic E-state index is -0.118. The van der Waals surface area contributed by atoms with Gasteiger partial charge in [-0.3, -0.25) is 15.1 Å². The highest BCUT2D eigenvalue weighted by molar-refractivity contribution is 6.30. The SMILES string of the molecule is CC(C(=O)NN)C(C)N1CCN(c2cccc(Cl)c2)CC1. The van der Waals surface area contributed by atoms with Gasteiger partial charge in [-0.2, -0.15) is 0 Å². The van der Waals surface area contributed by atoms with Crippen molar-refractivity contribution in [1.29, 1.82) is 0 Å². The summed E-state index contributed by atoms with van der Waals surface area (Å²) in [5, 5.41) is 0.761. The number of anilines is 1. The molecule has 1 saturated heterocycles. The third-order valence-corrected chi connectivity index (χ3v) is 4.58. The van der Waals surface area contributed by atoms with Crippen molar-refractivity contribution in [1.82, 2.24) is 10.3 Å². The number of hydrogen-bond acceptors (Lipinski definition) is 4. The van der Waals surface area contributed by atoms with E-state index in [4.69, 9.17) is 17.4 Å². The van der Waals surface area contributed by atoms with Crippen molar-refractivity contribution < 1.29 is 4.79 Å². The van der Waals surface area contributed by atoms with E-state index in [1.165, 1.54) is 0 Å². The molecule has 2 atom stereocenters. The van der Waals surface area contributed by atoms with Crippen molar-refractivity contribution in [3.05, 3.63) is 29.3 Å². The summed E-state index contributed by atoms with van der Waals surface area (Å²) >= 11 is 6.04. The average molecular weight is 311 g/mol. The molecule has 0 aliphatic carbocycles. The van der Waals surface area contributed by atoms with Crippen LogP contribution >= 0.6 is 11.6 Å². The number of piperazine rings is 1. The fourth-order valence-electron chi connectivity index (χ4n) is 2.73. The normalized spacial score (nSPS) is 19.1. The molecule has 0 saturated carbocycles. The molecule has 0 aromatic heterocycles. The number of nitrogens with zero attached hydrogens (tertiary/aromatic N) is 2. The highest BCUT2D eigenvalue weighted by atomic mass is 35.5. The van der Waals surface area contributed by atoms with Gasteiger partial charge in [0.1, 0.15) is 0 Å². The van der Waals surface area contributed by atoms with E-state index in [0.717, 1.165) is 36.9 Å². The first-order valence-electron chi connectivity index (χ1n) is 7.28. The van der Waals surface area contributed by atoms with Gasteiger partial charge in [0.15, 0.2) is 0 Å². The number of carbonyl (C=O) groups is 1. The summed E-state index contributed by atoms with van der Waals surface area (Å²) in [7, 11) is 0. The number of rotatable bonds is 4. The van der Waals surface area contributed by atoms with E-state index in [-0.39, 0.29) is 17.9 Å². The molecule has 1 aromatic carbocycles. The fourth-order valence-corrected chi connectivity index (χ4v) is 2.91. The zero-order valence-corrected chi connectivity index (χ0v) is 13.3. The van der Waals surface area contributed by atoms with Crippen LogP contribution in [0.15, 0.2) is 24.3 Å². The summed E-state index contributed by atoms with van der Waals surface area (Å²) in [5.74, 6) is 4.98. The molecule has 6 heteroatoms. The van der Waals surface area contributed by atoms with Gasteiger partial charge in [-0.1, -0.05) is 24.6 Å². The second kappa shape index (κ2) is 7.11. The van der Waals surface area contributed by atoms with Crippen LogP contribution in [-0.4, -0.2) is 43.0 Å². The summed E-state index contributed by atoms with van der Waals surface area (Å²) in [5.41, 5.74) is 3.39. The van der Waals surface area contributed by atoms with E-state index in [1.54, 1.807) is 0 Å². The third-order valence-electron chi connectivity index (χ3n) is 4.34. The summed E-state index contributed by atoms with van der Waals surface area (Å²) in [6, 6.07) is 8.10. The van der Waals surface area contributed by atoms with Crippen molar-refractivity contribution in [3.63, 3.8) is 0 Å². The minimum absolute atomic E-state index is 0.111. The second-order valence-electron chi connectivity index (χ2n) is 5.54. The Hall–Kier alpha value is -1.30. The zero-order valence-electron chi connectivity index (χ0n) is 12.6. The molecule has 3 N–H and O–H groups in total. The molecule has 1 heterocycles. The first-order chi connectivity index (χ1) is 10.0. The van der Waals surface area contributed by atoms with Crippen LogP contribution in [0.5, 0.6) is 0 Å². The molecule has 5 nitrogen and oxygen atoms in total. The zero-order chi connectivity index (χ0) is 15.4. The summed E-state index contributed by atoms with van der Waals surface area (Å²) in [4.78, 5) is 16.3. The van der Waals surface area contributed by atoms with Crippen LogP contribution in [0, 0.1) is 5.92 Å². The number of benzene rings is 1. The van der Waals surface area contributed by atoms with E-state index >= 15 is 0 Å². The number of nitrogens with one attached hydrogen (secondary N) is 1. The van der Waals surface area contributed by atoms with Gasteiger partial charge in [-0.25, -0.2) is 5.84 Å². The smallest absolute Gasteiger partial charge is 0.238 e. The Balaban J connectivity index is 1.92. The second-order valence-corrected chi connectivity index (χ2v) is 5.98. The van der Waals surface area contributed by atoms with Gasteiger partial charge in [0.2, 0.25) is 5.91 Å². The monoisotopic (exact) mass is 310 g/mol. The van der Waals surface area contributed by atoms with E-state index in [9.17, 15) is 4.79 Å². The van der Waals surface area contributed by atoms with Gasteiger partial charge in [0, 0.05) is 42.9 Å². The molecule has 2 unspecified atom stereocenters. The van der Waals surface area contributed by atoms with Crippen LogP contribution in [0.2, 0.25) is 5.02 Å². The number of hydrogen-bond donors (Lipinski definition) is 2. The lowest BCUT2D eigenvalue weighted by Crippen LogP contribution is -2.53. The molecule has 0 spiro atoms. The van der Waals surface area contributed by atoms with Gasteiger partial charge in [-0.05, 0) is 25.1 Å². The van der Waals surface area contributed by atoms with Crippen LogP contribution in [0.25, 0.3) is 0 Å². The number of carbonyl (C=O) groups excluding carboxylic acids is 1. The molecule has 1 aliphatic rings. The van der Waals surface area contributed by atoms with Crippen molar-refractivity contribution in [2.75, 3.05) is 31.1 Å². The van der Waals surface area contributed by atoms with Gasteiger partial charge >= 0.3 is 0 Å². The Labute approximate surface area is 131 Å². The summed E-state index contributed by atoms with van der Waals surface area (Å²) < 4.78 is 0. The van der Waals surface area contributed by atoms with Gasteiger partial charge in [0.25, 0.3) is 0 Å². The van der Waals surface area contributed by atoms with Crippen molar-refractivity contribution in [2.45, 2.75) is 19.9 Å². The molecule has 1 amide bonds. The van der Waals surface area contributed by atoms with Gasteiger partial charge in [0.05, 0.1) is 5.92 Å². The van der Waals surface area contributed by atoms with Crippen molar-refractivity contribution >= 4 is 23.2 Å². The van der Waals surface area contributed by atoms with E-state index in [1.807, 2.05) is 25.1 Å². The highest BCUT2D eigenvalue weighted by Gasteiger charge is 2.28. The first-order valence-corrected chi connectivity index (χ1v) is 7.65. The summed E-state index contributed by atoms with van der Waals surface area (Å²) in [6.07, 6.45) is 0. The molecule has 1 fully saturated rings. The maximum absolute atomic E-state index is 11.6. The number of nitrogens with two attached hydrogens (primary N) is 1. The van der Waals surface area contributed by atoms with Crippen LogP contribution in [0.3, 0.4) is 0 Å². The minimum Gasteiger partial charge on any atom is -0.369 e. The average Bonchev–Trinajstić information content (AvgIpc) is 2.53. The lowest BCUT2D eigenvalue weighted by molar-refractivity contribution is -0.126. The maximum atomic E-state index is 11.6. The third kappa shape index (κ3) is 3.87. The molecule has 0 bridgehead atoms. The molecule has 0 radical (unpaired) electrons. The molecule has 1 aromatic rings. The molecule has 1 aliphatic heterocycles. The number of amides is 1. The predicted octanol–water partition coefficient (Wildman–Crippen LogP) is 1.48. The fraction of sp³-hybridized carbons (Fsp3) is 0.533. The topological polar surface area (TPSA) is 61.6 Å². The van der Waals surface area contributed by atoms with Gasteiger partial charge < -0.3 is 4.90 Å². The van der Waals surface area contributed by atoms with Crippen molar-refractivity contribution in [2.24, 2.45) is 11.8 Å². The Bertz CT molecular complexity index is 488. The molecule has 2 rings (SSSR count). The number of hydrazine groups is 1. The Kier molecular flexibility index (Phi) is 5.45. The Morgan fingerprint density at radius 1 is 1.29 bits per heavy atom. The van der Waals surface area contributed by atoms with E-state index < -0.39 is 0 Å². The van der Waals surface area contributed by atoms with E-state index in [2.05, 4.69) is 28.2 Å². The van der Waals surface area contributed by atoms with Crippen LogP contribution in [0.4, 0.5) is 5.69 Å². The largest absolute Gasteiger partial charge is 0.369 e. The van der Waals surface area contributed by atoms with Gasteiger partial charge in [-0.15, -0.1) is 0 Å². The Morgan fingerprint density at radius 3 is 2.52 bits per heavy atom. The van der Waals surface area contributed by atoms with Crippen LogP contribution < -0.4 is 16.2 Å². The molecular formula is C15H23ClN4O. The summed E-state index contributed by atoms with van der Waals surface area (Å²) in [6.45, 7) is 7.71. The maximum Gasteiger partial charge on any atom is 0.238 e. The standard InChI is InChI=1S/C15H23ClN4O/c1-11(15(21)18-17)12(2)19-6-8-20(9-7-19)14-5-3-4-13(16)10-14/h3-5,10-12H,6-9,17H2,1-2H3,(H,18,21). The highest BCUT2D eigenvalue weighted by Crippen LogP contribution is 2.22. The lowest BCUT2D eigenvalue weighted by Gasteiger charge is -2.40. The molecule has 21 heavy (non-hydrogen) atoms. The molecule has 116 valence electrons. The first kappa shape index (κ1) is 16.1. The van der Waals surface area contributed by atoms with Crippen LogP contribution in [0.1, 0.15) is 13.8 Å². The van der Waals surface area contributed by atoms with E-state index in [0.29, 0.717) is 0 Å².